The van der Waals surface area contributed by atoms with Crippen molar-refractivity contribution in [3.05, 3.63) is 117 Å². The highest BCUT2D eigenvalue weighted by Crippen LogP contribution is 2.41. The Hall–Kier alpha value is -5.18. The molecule has 5 N–H and O–H groups in total. The summed E-state index contributed by atoms with van der Waals surface area (Å²) in [6, 6.07) is 27.7. The van der Waals surface area contributed by atoms with Crippen LogP contribution in [0.5, 0.6) is 11.5 Å². The number of phenolic OH excluding ortho intramolecular Hbond substituents is 1. The van der Waals surface area contributed by atoms with Crippen molar-refractivity contribution in [1.82, 2.24) is 15.2 Å². The highest BCUT2D eigenvalue weighted by atomic mass is 35.5. The normalized spacial score (nSPS) is 14.4. The van der Waals surface area contributed by atoms with E-state index in [-0.39, 0.29) is 34.8 Å². The van der Waals surface area contributed by atoms with Crippen molar-refractivity contribution in [1.29, 1.82) is 0 Å². The lowest BCUT2D eigenvalue weighted by Crippen LogP contribution is -2.43. The Morgan fingerprint density at radius 3 is 2.38 bits per heavy atom. The number of anilines is 2. The molecular weight excluding hydrogens is 798 g/mol. The largest absolute Gasteiger partial charge is 0.506 e. The Labute approximate surface area is 357 Å². The van der Waals surface area contributed by atoms with Crippen molar-refractivity contribution >= 4 is 54.2 Å². The van der Waals surface area contributed by atoms with E-state index in [9.17, 15) is 19.5 Å². The number of carbonyl (C=O) groups is 2. The number of nitrogens with zero attached hydrogens (tertiary/aromatic N) is 1. The molecular formula is C46H56ClN5O7Si. The molecule has 1 aromatic heterocycles. The number of nitrogens with one attached hydrogen (secondary N) is 4. The van der Waals surface area contributed by atoms with Gasteiger partial charge < -0.3 is 39.5 Å². The lowest BCUT2D eigenvalue weighted by molar-refractivity contribution is -0.116. The second-order valence-electron chi connectivity index (χ2n) is 16.7. The Bertz CT molecular complexity index is 2340. The highest BCUT2D eigenvalue weighted by Gasteiger charge is 2.40. The number of rotatable bonds is 15. The first-order valence-electron chi connectivity index (χ1n) is 20.4. The van der Waals surface area contributed by atoms with E-state index >= 15 is 0 Å². The number of ether oxygens (including phenoxy) is 2. The molecule has 0 radical (unpaired) electrons. The quantitative estimate of drug-likeness (QED) is 0.0648. The van der Waals surface area contributed by atoms with Gasteiger partial charge in [0.05, 0.1) is 35.1 Å². The van der Waals surface area contributed by atoms with Gasteiger partial charge in [-0.2, -0.15) is 0 Å². The van der Waals surface area contributed by atoms with E-state index in [4.69, 9.17) is 25.5 Å². The summed E-state index contributed by atoms with van der Waals surface area (Å²) >= 11 is 6.74. The first-order valence-corrected chi connectivity index (χ1v) is 23.6. The number of fused-ring (bicyclic) bond motifs is 1. The van der Waals surface area contributed by atoms with Crippen LogP contribution >= 0.6 is 11.6 Å². The molecule has 1 aliphatic heterocycles. The number of benzene rings is 4. The van der Waals surface area contributed by atoms with Crippen LogP contribution < -0.4 is 26.2 Å². The average molecular weight is 855 g/mol. The molecule has 2 heterocycles. The zero-order chi connectivity index (χ0) is 43.0. The molecule has 1 aliphatic rings. The maximum absolute atomic E-state index is 13.1. The summed E-state index contributed by atoms with van der Waals surface area (Å²) < 4.78 is 18.5. The Morgan fingerprint density at radius 2 is 1.67 bits per heavy atom. The van der Waals surface area contributed by atoms with Crippen LogP contribution in [0.25, 0.3) is 22.0 Å². The molecule has 0 saturated carbocycles. The number of carbonyl (C=O) groups excluding carboxylic acids is 2. The number of para-hydroxylation sites is 1. The van der Waals surface area contributed by atoms with E-state index in [2.05, 4.69) is 59.7 Å². The van der Waals surface area contributed by atoms with Crippen LogP contribution in [0.2, 0.25) is 23.2 Å². The molecule has 6 rings (SSSR count). The minimum atomic E-state index is -2.28. The van der Waals surface area contributed by atoms with Gasteiger partial charge in [0, 0.05) is 67.8 Å². The maximum atomic E-state index is 13.1. The summed E-state index contributed by atoms with van der Waals surface area (Å²) in [6.45, 7) is 13.7. The molecule has 5 aromatic rings. The molecule has 1 atom stereocenters. The number of likely N-dealkylation sites (tertiary alicyclic amines) is 1. The third kappa shape index (κ3) is 11.1. The fourth-order valence-corrected chi connectivity index (χ4v) is 8.63. The number of methoxy groups -OCH3 is 1. The first kappa shape index (κ1) is 44.4. The number of halogens is 1. The zero-order valence-electron chi connectivity index (χ0n) is 35.2. The number of aromatic amines is 1. The van der Waals surface area contributed by atoms with E-state index in [0.717, 1.165) is 22.3 Å². The molecule has 4 aromatic carbocycles. The lowest BCUT2D eigenvalue weighted by Gasteiger charge is -2.39. The van der Waals surface area contributed by atoms with Crippen LogP contribution in [0.3, 0.4) is 0 Å². The van der Waals surface area contributed by atoms with Crippen LogP contribution in [0, 0.1) is 0 Å². The van der Waals surface area contributed by atoms with Gasteiger partial charge in [0.2, 0.25) is 11.5 Å². The minimum Gasteiger partial charge on any atom is -0.506 e. The van der Waals surface area contributed by atoms with E-state index < -0.39 is 20.5 Å². The fourth-order valence-electron chi connectivity index (χ4n) is 7.12. The average Bonchev–Trinajstić information content (AvgIpc) is 3.21. The monoisotopic (exact) mass is 853 g/mol. The van der Waals surface area contributed by atoms with E-state index in [1.54, 1.807) is 31.4 Å². The van der Waals surface area contributed by atoms with Crippen molar-refractivity contribution < 1.29 is 28.6 Å². The number of hydrogen-bond acceptors (Lipinski definition) is 9. The van der Waals surface area contributed by atoms with Crippen LogP contribution in [0.1, 0.15) is 57.3 Å². The van der Waals surface area contributed by atoms with Gasteiger partial charge >= 0.3 is 6.09 Å². The standard InChI is InChI=1S/C46H56ClN5O7Si/c1-46(2,3)60(5,6)59-41(34-16-18-39(53)44-35(34)17-19-42(54)51-44)29-48-28-31-26-36(47)38(27-40(31)57-4)49-43(55)22-25-52-23-20-32(21-24-52)58-45(56)50-37-15-11-10-14-33(37)30-12-8-7-9-13-30/h7-19,26-27,32,41,48,53H,20-25,28-29H2,1-6H3,(H,49,55)(H,50,56)(H,51,54)/t41-/m1/s1. The Kier molecular flexibility index (Phi) is 14.4. The number of H-pyrrole nitrogens is 1. The van der Waals surface area contributed by atoms with Crippen LogP contribution in [-0.4, -0.2) is 74.7 Å². The summed E-state index contributed by atoms with van der Waals surface area (Å²) in [7, 11) is -0.701. The van der Waals surface area contributed by atoms with Crippen molar-refractivity contribution in [3.63, 3.8) is 0 Å². The van der Waals surface area contributed by atoms with Gasteiger partial charge in [-0.25, -0.2) is 4.79 Å². The molecule has 1 saturated heterocycles. The number of piperidine rings is 1. The molecule has 0 spiro atoms. The third-order valence-corrected chi connectivity index (χ3v) is 16.3. The van der Waals surface area contributed by atoms with Crippen LogP contribution in [-0.2, 0) is 20.5 Å². The number of hydrogen-bond donors (Lipinski definition) is 5. The second kappa shape index (κ2) is 19.5. The first-order chi connectivity index (χ1) is 28.6. The molecule has 14 heteroatoms. The SMILES string of the molecule is COc1cc(NC(=O)CCN2CCC(OC(=O)Nc3ccccc3-c3ccccc3)CC2)c(Cl)cc1CNC[C@@H](O[Si](C)(C)C(C)(C)C)c1ccc(O)c2[nH]c(=O)ccc12. The van der Waals surface area contributed by atoms with Crippen LogP contribution in [0.4, 0.5) is 16.2 Å². The number of aromatic nitrogens is 1. The minimum absolute atomic E-state index is 0.00700. The molecule has 1 fully saturated rings. The van der Waals surface area contributed by atoms with E-state index in [1.165, 1.54) is 6.07 Å². The van der Waals surface area contributed by atoms with Gasteiger partial charge in [-0.3, -0.25) is 14.9 Å². The van der Waals surface area contributed by atoms with Gasteiger partial charge in [0.25, 0.3) is 0 Å². The van der Waals surface area contributed by atoms with Gasteiger partial charge in [-0.05, 0) is 66.4 Å². The molecule has 2 amide bonds. The molecule has 0 aliphatic carbocycles. The Morgan fingerprint density at radius 1 is 0.950 bits per heavy atom. The predicted molar refractivity (Wildman–Crippen MR) is 242 cm³/mol. The summed E-state index contributed by atoms with van der Waals surface area (Å²) in [5.41, 5.74) is 4.79. The Balaban J connectivity index is 1.01. The van der Waals surface area contributed by atoms with Crippen LogP contribution in [0.15, 0.2) is 95.8 Å². The van der Waals surface area contributed by atoms with Crippen molar-refractivity contribution in [3.8, 4) is 22.6 Å². The van der Waals surface area contributed by atoms with Gasteiger partial charge in [0.15, 0.2) is 8.32 Å². The van der Waals surface area contributed by atoms with Crippen molar-refractivity contribution in [2.45, 2.75) is 76.9 Å². The van der Waals surface area contributed by atoms with E-state index in [0.29, 0.717) is 78.6 Å². The molecule has 60 heavy (non-hydrogen) atoms. The smallest absolute Gasteiger partial charge is 0.411 e. The summed E-state index contributed by atoms with van der Waals surface area (Å²) in [4.78, 5) is 43.1. The van der Waals surface area contributed by atoms with Gasteiger partial charge in [-0.1, -0.05) is 87.0 Å². The van der Waals surface area contributed by atoms with Crippen molar-refractivity contribution in [2.24, 2.45) is 0 Å². The number of amides is 2. The molecule has 0 bridgehead atoms. The van der Waals surface area contributed by atoms with Crippen molar-refractivity contribution in [2.75, 3.05) is 43.9 Å². The second-order valence-corrected chi connectivity index (χ2v) is 21.9. The maximum Gasteiger partial charge on any atom is 0.411 e. The predicted octanol–water partition coefficient (Wildman–Crippen LogP) is 9.46. The summed E-state index contributed by atoms with van der Waals surface area (Å²) in [5, 5.41) is 21.0. The third-order valence-electron chi connectivity index (χ3n) is 11.5. The zero-order valence-corrected chi connectivity index (χ0v) is 36.9. The summed E-state index contributed by atoms with van der Waals surface area (Å²) in [5.74, 6) is 0.381. The highest BCUT2D eigenvalue weighted by molar-refractivity contribution is 6.74. The topological polar surface area (TPSA) is 154 Å². The molecule has 0 unspecified atom stereocenters. The molecule has 318 valence electrons. The number of pyridine rings is 1. The summed E-state index contributed by atoms with van der Waals surface area (Å²) in [6.07, 6.45) is 0.513. The number of phenols is 1. The lowest BCUT2D eigenvalue weighted by atomic mass is 10.0. The fraction of sp³-hybridized carbons (Fsp3) is 0.370. The molecule has 12 nitrogen and oxygen atoms in total. The van der Waals surface area contributed by atoms with Gasteiger partial charge in [0.1, 0.15) is 17.6 Å². The van der Waals surface area contributed by atoms with Gasteiger partial charge in [-0.15, -0.1) is 0 Å². The van der Waals surface area contributed by atoms with E-state index in [1.807, 2.05) is 60.7 Å². The number of aromatic hydroxyl groups is 1.